The highest BCUT2D eigenvalue weighted by atomic mass is 16.6. The summed E-state index contributed by atoms with van der Waals surface area (Å²) in [7, 11) is 0. The minimum atomic E-state index is -0.633. The highest BCUT2D eigenvalue weighted by Crippen LogP contribution is 2.30. The van der Waals surface area contributed by atoms with Gasteiger partial charge in [0.25, 0.3) is 5.69 Å². The molecule has 0 aliphatic rings. The van der Waals surface area contributed by atoms with Gasteiger partial charge in [0.05, 0.1) is 10.6 Å². The fraction of sp³-hybridized carbons (Fsp3) is 0.0417. The van der Waals surface area contributed by atoms with Crippen molar-refractivity contribution in [3.05, 3.63) is 112 Å². The number of rotatable bonds is 5. The third-order valence-electron chi connectivity index (χ3n) is 4.71. The molecule has 0 bridgehead atoms. The minimum absolute atomic E-state index is 0.207. The molecule has 0 radical (unpaired) electrons. The molecule has 0 amide bonds. The van der Waals surface area contributed by atoms with Crippen LogP contribution in [-0.4, -0.2) is 11.1 Å². The average molecular weight is 381 g/mol. The predicted octanol–water partition coefficient (Wildman–Crippen LogP) is 5.16. The standard InChI is InChI=1S/C24H18N2O3/c27-24-20(16-25-22-12-6-10-19-9-4-5-11-21(19)22)14-18(15-23(24)26(28)29)13-17-7-2-1-3-8-17/h1-12,14-16,27H,13H2/p-1. The Kier molecular flexibility index (Phi) is 5.03. The van der Waals surface area contributed by atoms with Gasteiger partial charge in [-0.1, -0.05) is 66.7 Å². The normalized spacial score (nSPS) is 11.2. The number of nitrogens with zero attached hydrogens (tertiary/aromatic N) is 2. The molecule has 4 aromatic rings. The lowest BCUT2D eigenvalue weighted by molar-refractivity contribution is -0.398. The molecule has 0 unspecified atom stereocenters. The number of hydrogen-bond donors (Lipinski definition) is 0. The molecule has 5 heteroatoms. The van der Waals surface area contributed by atoms with Gasteiger partial charge in [0.1, 0.15) is 0 Å². The molecule has 0 aromatic heterocycles. The summed E-state index contributed by atoms with van der Waals surface area (Å²) < 4.78 is 0. The van der Waals surface area contributed by atoms with Crippen molar-refractivity contribution >= 4 is 28.4 Å². The summed E-state index contributed by atoms with van der Waals surface area (Å²) in [6.07, 6.45) is 1.92. The van der Waals surface area contributed by atoms with Crippen molar-refractivity contribution < 1.29 is 10.0 Å². The molecule has 0 spiro atoms. The first-order valence-corrected chi connectivity index (χ1v) is 9.16. The zero-order chi connectivity index (χ0) is 20.2. The van der Waals surface area contributed by atoms with Crippen LogP contribution in [0.5, 0.6) is 5.75 Å². The van der Waals surface area contributed by atoms with Gasteiger partial charge in [-0.25, -0.2) is 0 Å². The van der Waals surface area contributed by atoms with Gasteiger partial charge in [-0.2, -0.15) is 0 Å². The number of nitro groups is 1. The van der Waals surface area contributed by atoms with Crippen LogP contribution < -0.4 is 5.11 Å². The van der Waals surface area contributed by atoms with E-state index in [9.17, 15) is 15.2 Å². The van der Waals surface area contributed by atoms with Gasteiger partial charge in [0.2, 0.25) is 0 Å². The second-order valence-electron chi connectivity index (χ2n) is 6.71. The highest BCUT2D eigenvalue weighted by molar-refractivity contribution is 5.96. The van der Waals surface area contributed by atoms with E-state index in [0.29, 0.717) is 17.7 Å². The smallest absolute Gasteiger partial charge is 0.262 e. The second-order valence-corrected chi connectivity index (χ2v) is 6.71. The van der Waals surface area contributed by atoms with Gasteiger partial charge in [-0.15, -0.1) is 0 Å². The zero-order valence-electron chi connectivity index (χ0n) is 15.5. The Morgan fingerprint density at radius 2 is 1.59 bits per heavy atom. The van der Waals surface area contributed by atoms with Crippen molar-refractivity contribution in [3.8, 4) is 5.75 Å². The average Bonchev–Trinajstić information content (AvgIpc) is 2.74. The van der Waals surface area contributed by atoms with Crippen LogP contribution in [0.2, 0.25) is 0 Å². The van der Waals surface area contributed by atoms with Gasteiger partial charge in [0, 0.05) is 17.7 Å². The number of hydrogen-bond acceptors (Lipinski definition) is 4. The molecule has 0 saturated heterocycles. The van der Waals surface area contributed by atoms with Crippen LogP contribution in [0, 0.1) is 10.1 Å². The highest BCUT2D eigenvalue weighted by Gasteiger charge is 2.12. The summed E-state index contributed by atoms with van der Waals surface area (Å²) in [5, 5.41) is 25.9. The first-order chi connectivity index (χ1) is 14.1. The maximum Gasteiger partial charge on any atom is 0.262 e. The van der Waals surface area contributed by atoms with Crippen LogP contribution in [0.25, 0.3) is 10.8 Å². The molecule has 4 aromatic carbocycles. The predicted molar refractivity (Wildman–Crippen MR) is 113 cm³/mol. The Balaban J connectivity index is 1.75. The molecule has 142 valence electrons. The molecule has 0 fully saturated rings. The number of benzene rings is 4. The van der Waals surface area contributed by atoms with Crippen LogP contribution >= 0.6 is 0 Å². The molecular weight excluding hydrogens is 364 g/mol. The lowest BCUT2D eigenvalue weighted by atomic mass is 10.0. The Labute approximate surface area is 167 Å². The van der Waals surface area contributed by atoms with Crippen molar-refractivity contribution in [2.24, 2.45) is 4.99 Å². The van der Waals surface area contributed by atoms with E-state index in [4.69, 9.17) is 0 Å². The van der Waals surface area contributed by atoms with E-state index in [2.05, 4.69) is 4.99 Å². The Bertz CT molecular complexity index is 1210. The molecule has 5 nitrogen and oxygen atoms in total. The van der Waals surface area contributed by atoms with E-state index in [1.807, 2.05) is 72.8 Å². The maximum absolute atomic E-state index is 12.6. The fourth-order valence-electron chi connectivity index (χ4n) is 3.32. The van der Waals surface area contributed by atoms with Crippen molar-refractivity contribution in [1.29, 1.82) is 0 Å². The Hall–Kier alpha value is -3.99. The Morgan fingerprint density at radius 3 is 2.38 bits per heavy atom. The van der Waals surface area contributed by atoms with E-state index in [-0.39, 0.29) is 5.56 Å². The lowest BCUT2D eigenvalue weighted by Crippen LogP contribution is -2.04. The molecular formula is C24H17N2O3-. The molecule has 0 saturated carbocycles. The van der Waals surface area contributed by atoms with Crippen molar-refractivity contribution in [2.75, 3.05) is 0 Å². The molecule has 4 rings (SSSR count). The quantitative estimate of drug-likeness (QED) is 0.272. The maximum atomic E-state index is 12.6. The zero-order valence-corrected chi connectivity index (χ0v) is 15.5. The van der Waals surface area contributed by atoms with Crippen molar-refractivity contribution in [2.45, 2.75) is 6.42 Å². The topological polar surface area (TPSA) is 78.6 Å². The van der Waals surface area contributed by atoms with Crippen LogP contribution in [0.15, 0.2) is 89.9 Å². The summed E-state index contributed by atoms with van der Waals surface area (Å²) in [4.78, 5) is 15.2. The summed E-state index contributed by atoms with van der Waals surface area (Å²) >= 11 is 0. The van der Waals surface area contributed by atoms with Crippen LogP contribution in [0.4, 0.5) is 11.4 Å². The van der Waals surface area contributed by atoms with E-state index < -0.39 is 16.4 Å². The molecule has 0 heterocycles. The largest absolute Gasteiger partial charge is 0.867 e. The van der Waals surface area contributed by atoms with Gasteiger partial charge in [0.15, 0.2) is 0 Å². The molecule has 29 heavy (non-hydrogen) atoms. The van der Waals surface area contributed by atoms with Gasteiger partial charge >= 0.3 is 0 Å². The van der Waals surface area contributed by atoms with Gasteiger partial charge in [-0.05, 0) is 46.4 Å². The van der Waals surface area contributed by atoms with E-state index in [0.717, 1.165) is 16.3 Å². The van der Waals surface area contributed by atoms with E-state index in [1.54, 1.807) is 6.07 Å². The second kappa shape index (κ2) is 7.94. The van der Waals surface area contributed by atoms with Crippen LogP contribution in [0.1, 0.15) is 16.7 Å². The minimum Gasteiger partial charge on any atom is -0.867 e. The van der Waals surface area contributed by atoms with Gasteiger partial charge < -0.3 is 5.11 Å². The molecule has 0 N–H and O–H groups in total. The number of nitro benzene ring substituents is 1. The molecule has 0 aliphatic carbocycles. The molecule has 0 atom stereocenters. The van der Waals surface area contributed by atoms with Crippen LogP contribution in [0.3, 0.4) is 0 Å². The third kappa shape index (κ3) is 3.99. The monoisotopic (exact) mass is 381 g/mol. The summed E-state index contributed by atoms with van der Waals surface area (Å²) in [5.41, 5.74) is 2.19. The van der Waals surface area contributed by atoms with Crippen LogP contribution in [-0.2, 0) is 6.42 Å². The van der Waals surface area contributed by atoms with Crippen molar-refractivity contribution in [3.63, 3.8) is 0 Å². The number of fused-ring (bicyclic) bond motifs is 1. The summed E-state index contributed by atoms with van der Waals surface area (Å²) in [6, 6.07) is 26.2. The SMILES string of the molecule is O=[N+]([O-])c1cc(Cc2ccccc2)cc(C=Nc2cccc3ccccc23)c1[O-]. The third-order valence-corrected chi connectivity index (χ3v) is 4.71. The van der Waals surface area contributed by atoms with Gasteiger partial charge in [-0.3, -0.25) is 15.1 Å². The lowest BCUT2D eigenvalue weighted by Gasteiger charge is -2.13. The molecule has 0 aliphatic heterocycles. The van der Waals surface area contributed by atoms with Crippen molar-refractivity contribution in [1.82, 2.24) is 0 Å². The summed E-state index contributed by atoms with van der Waals surface area (Å²) in [5.74, 6) is -0.629. The van der Waals surface area contributed by atoms with E-state index in [1.165, 1.54) is 12.3 Å². The first-order valence-electron chi connectivity index (χ1n) is 9.16. The summed E-state index contributed by atoms with van der Waals surface area (Å²) in [6.45, 7) is 0. The van der Waals surface area contributed by atoms with E-state index >= 15 is 0 Å². The number of aliphatic imine (C=N–C) groups is 1. The Morgan fingerprint density at radius 1 is 0.862 bits per heavy atom. The first kappa shape index (κ1) is 18.4. The fourth-order valence-corrected chi connectivity index (χ4v) is 3.32.